The van der Waals surface area contributed by atoms with Crippen LogP contribution >= 0.6 is 0 Å². The Balaban J connectivity index is 2.25. The van der Waals surface area contributed by atoms with E-state index < -0.39 is 11.8 Å². The molecule has 0 atom stereocenters. The van der Waals surface area contributed by atoms with Crippen LogP contribution in [0.3, 0.4) is 0 Å². The van der Waals surface area contributed by atoms with E-state index in [0.717, 1.165) is 0 Å². The molecule has 6 heteroatoms. The second-order valence-electron chi connectivity index (χ2n) is 3.93. The fraction of sp³-hybridized carbons (Fsp3) is 0.250. The van der Waals surface area contributed by atoms with Crippen molar-refractivity contribution in [3.05, 3.63) is 29.8 Å². The third-order valence-electron chi connectivity index (χ3n) is 2.66. The molecular weight excluding hydrogens is 234 g/mol. The van der Waals surface area contributed by atoms with Gasteiger partial charge in [-0.15, -0.1) is 0 Å². The second kappa shape index (κ2) is 4.87. The Hall–Kier alpha value is -2.37. The highest BCUT2D eigenvalue weighted by atomic mass is 16.2. The van der Waals surface area contributed by atoms with Crippen LogP contribution < -0.4 is 10.6 Å². The van der Waals surface area contributed by atoms with Crippen molar-refractivity contribution in [3.8, 4) is 0 Å². The number of benzene rings is 1. The zero-order valence-electron chi connectivity index (χ0n) is 9.90. The lowest BCUT2D eigenvalue weighted by Gasteiger charge is -2.26. The van der Waals surface area contributed by atoms with Crippen LogP contribution in [0.2, 0.25) is 0 Å². The van der Waals surface area contributed by atoms with E-state index in [1.54, 1.807) is 31.3 Å². The van der Waals surface area contributed by atoms with Crippen molar-refractivity contribution in [3.63, 3.8) is 0 Å². The predicted octanol–water partition coefficient (Wildman–Crippen LogP) is -0.173. The minimum atomic E-state index is -0.457. The summed E-state index contributed by atoms with van der Waals surface area (Å²) >= 11 is 0. The van der Waals surface area contributed by atoms with Gasteiger partial charge in [-0.1, -0.05) is 12.1 Å². The van der Waals surface area contributed by atoms with Gasteiger partial charge < -0.3 is 10.2 Å². The zero-order chi connectivity index (χ0) is 13.1. The lowest BCUT2D eigenvalue weighted by atomic mass is 10.1. The largest absolute Gasteiger partial charge is 0.387 e. The molecule has 0 aromatic heterocycles. The van der Waals surface area contributed by atoms with Gasteiger partial charge in [-0.25, -0.2) is 0 Å². The Morgan fingerprint density at radius 3 is 2.44 bits per heavy atom. The number of amides is 3. The first-order valence-electron chi connectivity index (χ1n) is 5.50. The number of rotatable bonds is 2. The summed E-state index contributed by atoms with van der Waals surface area (Å²) in [7, 11) is 1.71. The van der Waals surface area contributed by atoms with Crippen LogP contribution in [0.15, 0.2) is 24.3 Å². The number of carbonyl (C=O) groups is 3. The third-order valence-corrected chi connectivity index (χ3v) is 2.66. The van der Waals surface area contributed by atoms with E-state index in [4.69, 9.17) is 0 Å². The van der Waals surface area contributed by atoms with E-state index in [1.165, 1.54) is 4.90 Å². The van der Waals surface area contributed by atoms with E-state index in [9.17, 15) is 14.4 Å². The summed E-state index contributed by atoms with van der Waals surface area (Å²) < 4.78 is 0. The van der Waals surface area contributed by atoms with Gasteiger partial charge in [0, 0.05) is 12.7 Å². The van der Waals surface area contributed by atoms with Crippen molar-refractivity contribution in [2.45, 2.75) is 0 Å². The molecule has 1 heterocycles. The lowest BCUT2D eigenvalue weighted by molar-refractivity contribution is -0.135. The van der Waals surface area contributed by atoms with Gasteiger partial charge in [-0.3, -0.25) is 19.7 Å². The summed E-state index contributed by atoms with van der Waals surface area (Å²) in [5, 5.41) is 5.06. The first-order valence-corrected chi connectivity index (χ1v) is 5.50. The standard InChI is InChI=1S/C12H13N3O3/c1-13-9-5-3-2-4-8(9)12(18)15-6-10(16)14-11(17)7-15/h2-5,13H,6-7H2,1H3,(H,14,16,17). The van der Waals surface area contributed by atoms with Crippen molar-refractivity contribution >= 4 is 23.4 Å². The summed E-state index contributed by atoms with van der Waals surface area (Å²) in [6.07, 6.45) is 0. The number of para-hydroxylation sites is 1. The Morgan fingerprint density at radius 2 is 1.83 bits per heavy atom. The number of nitrogens with one attached hydrogen (secondary N) is 2. The Morgan fingerprint density at radius 1 is 1.22 bits per heavy atom. The van der Waals surface area contributed by atoms with E-state index in [0.29, 0.717) is 11.3 Å². The van der Waals surface area contributed by atoms with E-state index in [2.05, 4.69) is 10.6 Å². The average Bonchev–Trinajstić information content (AvgIpc) is 2.36. The summed E-state index contributed by atoms with van der Waals surface area (Å²) in [6, 6.07) is 6.96. The summed E-state index contributed by atoms with van der Waals surface area (Å²) in [5.41, 5.74) is 1.11. The molecule has 0 aliphatic carbocycles. The number of piperazine rings is 1. The summed E-state index contributed by atoms with van der Waals surface area (Å²) in [4.78, 5) is 35.9. The molecule has 2 rings (SSSR count). The first-order chi connectivity index (χ1) is 8.61. The minimum absolute atomic E-state index is 0.0946. The van der Waals surface area contributed by atoms with Crippen LogP contribution in [0.25, 0.3) is 0 Å². The monoisotopic (exact) mass is 247 g/mol. The average molecular weight is 247 g/mol. The number of nitrogens with zero attached hydrogens (tertiary/aromatic N) is 1. The van der Waals surface area contributed by atoms with Crippen molar-refractivity contribution in [2.24, 2.45) is 0 Å². The van der Waals surface area contributed by atoms with Gasteiger partial charge in [-0.2, -0.15) is 0 Å². The molecule has 1 aromatic carbocycles. The molecule has 0 spiro atoms. The van der Waals surface area contributed by atoms with Gasteiger partial charge in [0.2, 0.25) is 11.8 Å². The molecule has 1 aliphatic rings. The highest BCUT2D eigenvalue weighted by molar-refractivity contribution is 6.07. The Labute approximate surface area is 104 Å². The first kappa shape index (κ1) is 12.1. The number of anilines is 1. The molecule has 1 aliphatic heterocycles. The summed E-state index contributed by atoms with van der Waals surface area (Å²) in [5.74, 6) is -1.24. The van der Waals surface area contributed by atoms with E-state index >= 15 is 0 Å². The fourth-order valence-corrected chi connectivity index (χ4v) is 1.84. The predicted molar refractivity (Wildman–Crippen MR) is 65.0 cm³/mol. The topological polar surface area (TPSA) is 78.5 Å². The zero-order valence-corrected chi connectivity index (χ0v) is 9.90. The third kappa shape index (κ3) is 2.32. The molecule has 94 valence electrons. The molecule has 1 saturated heterocycles. The number of carbonyl (C=O) groups excluding carboxylic acids is 3. The molecule has 0 bridgehead atoms. The number of imide groups is 1. The van der Waals surface area contributed by atoms with Gasteiger partial charge in [0.15, 0.2) is 0 Å². The van der Waals surface area contributed by atoms with Crippen molar-refractivity contribution in [1.29, 1.82) is 0 Å². The van der Waals surface area contributed by atoms with E-state index in [-0.39, 0.29) is 19.0 Å². The van der Waals surface area contributed by atoms with Gasteiger partial charge in [0.1, 0.15) is 13.1 Å². The molecule has 2 N–H and O–H groups in total. The highest BCUT2D eigenvalue weighted by Gasteiger charge is 2.27. The number of hydrogen-bond acceptors (Lipinski definition) is 4. The van der Waals surface area contributed by atoms with Crippen LogP contribution in [0, 0.1) is 0 Å². The number of hydrogen-bond donors (Lipinski definition) is 2. The smallest absolute Gasteiger partial charge is 0.256 e. The second-order valence-corrected chi connectivity index (χ2v) is 3.93. The molecule has 0 saturated carbocycles. The van der Waals surface area contributed by atoms with Crippen LogP contribution in [0.5, 0.6) is 0 Å². The van der Waals surface area contributed by atoms with Crippen LogP contribution in [0.1, 0.15) is 10.4 Å². The molecule has 1 aromatic rings. The molecule has 0 radical (unpaired) electrons. The van der Waals surface area contributed by atoms with Gasteiger partial charge in [-0.05, 0) is 12.1 Å². The molecule has 3 amide bonds. The van der Waals surface area contributed by atoms with Gasteiger partial charge in [0.25, 0.3) is 5.91 Å². The minimum Gasteiger partial charge on any atom is -0.387 e. The van der Waals surface area contributed by atoms with Crippen LogP contribution in [-0.4, -0.2) is 42.8 Å². The maximum absolute atomic E-state index is 12.2. The summed E-state index contributed by atoms with van der Waals surface area (Å²) in [6.45, 7) is -0.189. The molecule has 1 fully saturated rings. The Kier molecular flexibility index (Phi) is 3.27. The van der Waals surface area contributed by atoms with Crippen molar-refractivity contribution < 1.29 is 14.4 Å². The van der Waals surface area contributed by atoms with Crippen molar-refractivity contribution in [2.75, 3.05) is 25.5 Å². The molecule has 18 heavy (non-hydrogen) atoms. The molecule has 6 nitrogen and oxygen atoms in total. The maximum Gasteiger partial charge on any atom is 0.256 e. The molecule has 0 unspecified atom stereocenters. The van der Waals surface area contributed by atoms with Gasteiger partial charge >= 0.3 is 0 Å². The van der Waals surface area contributed by atoms with Crippen LogP contribution in [-0.2, 0) is 9.59 Å². The highest BCUT2D eigenvalue weighted by Crippen LogP contribution is 2.16. The SMILES string of the molecule is CNc1ccccc1C(=O)N1CC(=O)NC(=O)C1. The quantitative estimate of drug-likeness (QED) is 0.711. The normalized spacial score (nSPS) is 15.3. The van der Waals surface area contributed by atoms with Gasteiger partial charge in [0.05, 0.1) is 5.56 Å². The lowest BCUT2D eigenvalue weighted by Crippen LogP contribution is -2.53. The Bertz CT molecular complexity index is 497. The van der Waals surface area contributed by atoms with E-state index in [1.807, 2.05) is 0 Å². The maximum atomic E-state index is 12.2. The molecular formula is C12H13N3O3. The van der Waals surface area contributed by atoms with Crippen LogP contribution in [0.4, 0.5) is 5.69 Å². The van der Waals surface area contributed by atoms with Crippen molar-refractivity contribution in [1.82, 2.24) is 10.2 Å². The fourth-order valence-electron chi connectivity index (χ4n) is 1.84.